The van der Waals surface area contributed by atoms with Crippen LogP contribution in [0.5, 0.6) is 0 Å². The zero-order valence-electron chi connectivity index (χ0n) is 15.4. The van der Waals surface area contributed by atoms with Gasteiger partial charge in [-0.1, -0.05) is 0 Å². The van der Waals surface area contributed by atoms with Crippen LogP contribution in [0.25, 0.3) is 3.28 Å². The first-order valence-corrected chi connectivity index (χ1v) is 13.2. The standard InChI is InChI=1S/C14H11.2C6H5.Zr/c1-10-6-7-14-12(8-10)9-11-4-2-3-5-13(11)14;2*1-2-4-6-5-3-1;/h2-8,13H,1H3;2*1-5H;. The first kappa shape index (κ1) is 16.9. The summed E-state index contributed by atoms with van der Waals surface area (Å²) in [6, 6.07) is 29.5. The third kappa shape index (κ3) is 2.95. The molecule has 1 unspecified atom stereocenters. The van der Waals surface area contributed by atoms with Gasteiger partial charge >= 0.3 is 170 Å². The third-order valence-electron chi connectivity index (χ3n) is 5.50. The van der Waals surface area contributed by atoms with Crippen LogP contribution < -0.4 is 6.54 Å². The Morgan fingerprint density at radius 1 is 0.741 bits per heavy atom. The molecule has 129 valence electrons. The van der Waals surface area contributed by atoms with Crippen molar-refractivity contribution in [1.82, 2.24) is 0 Å². The van der Waals surface area contributed by atoms with Crippen molar-refractivity contribution in [2.75, 3.05) is 0 Å². The number of hydrogen-bond donors (Lipinski definition) is 0. The van der Waals surface area contributed by atoms with Gasteiger partial charge in [0.2, 0.25) is 0 Å². The third-order valence-corrected chi connectivity index (χ3v) is 12.6. The predicted molar refractivity (Wildman–Crippen MR) is 111 cm³/mol. The molecule has 0 N–H and O–H groups in total. The second kappa shape index (κ2) is 7.06. The minimum atomic E-state index is -2.31. The van der Waals surface area contributed by atoms with Crippen LogP contribution in [0.3, 0.4) is 0 Å². The average molecular weight is 425 g/mol. The van der Waals surface area contributed by atoms with Gasteiger partial charge in [0.25, 0.3) is 0 Å². The summed E-state index contributed by atoms with van der Waals surface area (Å²) in [5, 5.41) is 0. The Morgan fingerprint density at radius 2 is 1.41 bits per heavy atom. The van der Waals surface area contributed by atoms with Gasteiger partial charge in [-0.2, -0.15) is 0 Å². The molecule has 0 fully saturated rings. The Morgan fingerprint density at radius 3 is 2.07 bits per heavy atom. The molecule has 0 radical (unpaired) electrons. The number of aryl methyl sites for hydroxylation is 1. The van der Waals surface area contributed by atoms with Crippen LogP contribution in [0.15, 0.2) is 109 Å². The monoisotopic (exact) mass is 423 g/mol. The number of hydrogen-bond acceptors (Lipinski definition) is 0. The summed E-state index contributed by atoms with van der Waals surface area (Å²) < 4.78 is 4.74. The van der Waals surface area contributed by atoms with Crippen molar-refractivity contribution >= 4 is 9.82 Å². The molecule has 1 heteroatoms. The van der Waals surface area contributed by atoms with Gasteiger partial charge in [0.05, 0.1) is 0 Å². The first-order chi connectivity index (χ1) is 13.3. The first-order valence-electron chi connectivity index (χ1n) is 9.51. The molecule has 3 aromatic rings. The fraction of sp³-hybridized carbons (Fsp3) is 0.0769. The SMILES string of the molecule is Cc1ccc2c(c1)[C]([Zr]([c]1ccccc1)[c]1ccccc1)=C1C=CC=CC12. The molecular formula is C26H21Zr. The molecule has 0 amide bonds. The van der Waals surface area contributed by atoms with E-state index in [1.165, 1.54) is 22.3 Å². The molecule has 0 spiro atoms. The summed E-state index contributed by atoms with van der Waals surface area (Å²) in [6.45, 7) is 2.21. The van der Waals surface area contributed by atoms with Crippen molar-refractivity contribution in [3.05, 3.63) is 125 Å². The van der Waals surface area contributed by atoms with Gasteiger partial charge in [-0.25, -0.2) is 0 Å². The second-order valence-corrected chi connectivity index (χ2v) is 13.2. The van der Waals surface area contributed by atoms with Crippen LogP contribution in [0.4, 0.5) is 0 Å². The fourth-order valence-electron chi connectivity index (χ4n) is 4.31. The molecular weight excluding hydrogens is 404 g/mol. The van der Waals surface area contributed by atoms with Gasteiger partial charge < -0.3 is 0 Å². The second-order valence-electron chi connectivity index (χ2n) is 7.25. The molecule has 2 aliphatic rings. The maximum absolute atomic E-state index is 2.42. The van der Waals surface area contributed by atoms with Crippen LogP contribution in [0.1, 0.15) is 22.6 Å². The maximum atomic E-state index is 2.42. The number of fused-ring (bicyclic) bond motifs is 3. The molecule has 0 aromatic heterocycles. The Hall–Kier alpha value is -2.24. The molecule has 5 rings (SSSR count). The van der Waals surface area contributed by atoms with Gasteiger partial charge in [0, 0.05) is 0 Å². The number of rotatable bonds is 3. The van der Waals surface area contributed by atoms with E-state index < -0.39 is 21.8 Å². The van der Waals surface area contributed by atoms with E-state index in [-0.39, 0.29) is 0 Å². The van der Waals surface area contributed by atoms with Gasteiger partial charge in [-0.15, -0.1) is 0 Å². The van der Waals surface area contributed by atoms with E-state index in [0.29, 0.717) is 5.92 Å². The normalized spacial score (nSPS) is 17.0. The van der Waals surface area contributed by atoms with E-state index in [1.807, 2.05) is 0 Å². The Labute approximate surface area is 169 Å². The van der Waals surface area contributed by atoms with Crippen LogP contribution >= 0.6 is 0 Å². The van der Waals surface area contributed by atoms with Crippen molar-refractivity contribution in [3.63, 3.8) is 0 Å². The summed E-state index contributed by atoms with van der Waals surface area (Å²) in [4.78, 5) is 0. The van der Waals surface area contributed by atoms with Crippen molar-refractivity contribution in [2.45, 2.75) is 12.8 Å². The molecule has 0 saturated carbocycles. The molecule has 0 aliphatic heterocycles. The predicted octanol–water partition coefficient (Wildman–Crippen LogP) is 5.20. The summed E-state index contributed by atoms with van der Waals surface area (Å²) in [6.07, 6.45) is 9.14. The number of allylic oxidation sites excluding steroid dienone is 5. The molecule has 0 saturated heterocycles. The Balaban J connectivity index is 1.80. The Bertz CT molecular complexity index is 1030. The van der Waals surface area contributed by atoms with E-state index in [2.05, 4.69) is 110 Å². The van der Waals surface area contributed by atoms with Gasteiger partial charge in [-0.05, 0) is 0 Å². The van der Waals surface area contributed by atoms with Gasteiger partial charge in [0.15, 0.2) is 0 Å². The molecule has 0 nitrogen and oxygen atoms in total. The zero-order chi connectivity index (χ0) is 18.2. The van der Waals surface area contributed by atoms with Crippen molar-refractivity contribution < 1.29 is 21.8 Å². The summed E-state index contributed by atoms with van der Waals surface area (Å²) >= 11 is -2.31. The summed E-state index contributed by atoms with van der Waals surface area (Å²) in [7, 11) is 0. The van der Waals surface area contributed by atoms with E-state index in [9.17, 15) is 0 Å². The van der Waals surface area contributed by atoms with Crippen molar-refractivity contribution in [3.8, 4) is 0 Å². The van der Waals surface area contributed by atoms with E-state index in [1.54, 1.807) is 9.82 Å². The van der Waals surface area contributed by atoms with Crippen LogP contribution in [0, 0.1) is 6.92 Å². The summed E-state index contributed by atoms with van der Waals surface area (Å²) in [5.41, 5.74) is 5.85. The molecule has 0 bridgehead atoms. The minimum absolute atomic E-state index is 0.420. The fourth-order valence-corrected chi connectivity index (χ4v) is 11.6. The topological polar surface area (TPSA) is 0 Å². The molecule has 27 heavy (non-hydrogen) atoms. The van der Waals surface area contributed by atoms with Crippen LogP contribution in [-0.4, -0.2) is 0 Å². The molecule has 0 heterocycles. The van der Waals surface area contributed by atoms with E-state index in [4.69, 9.17) is 0 Å². The average Bonchev–Trinajstić information content (AvgIpc) is 3.04. The van der Waals surface area contributed by atoms with Crippen LogP contribution in [0.2, 0.25) is 0 Å². The van der Waals surface area contributed by atoms with Crippen molar-refractivity contribution in [2.24, 2.45) is 0 Å². The quantitative estimate of drug-likeness (QED) is 0.542. The number of benzene rings is 3. The summed E-state index contributed by atoms with van der Waals surface area (Å²) in [5.74, 6) is 0.420. The Kier molecular flexibility index (Phi) is 4.42. The molecule has 1 atom stereocenters. The zero-order valence-corrected chi connectivity index (χ0v) is 17.9. The van der Waals surface area contributed by atoms with Gasteiger partial charge in [-0.3, -0.25) is 0 Å². The van der Waals surface area contributed by atoms with Gasteiger partial charge in [0.1, 0.15) is 0 Å². The molecule has 3 aromatic carbocycles. The van der Waals surface area contributed by atoms with Crippen molar-refractivity contribution in [1.29, 1.82) is 0 Å². The molecule has 2 aliphatic carbocycles. The van der Waals surface area contributed by atoms with E-state index in [0.717, 1.165) is 0 Å². The van der Waals surface area contributed by atoms with Crippen LogP contribution in [-0.2, 0) is 21.8 Å². The van der Waals surface area contributed by atoms with E-state index >= 15 is 0 Å².